The molecule has 1 aromatic heterocycles. The van der Waals surface area contributed by atoms with Gasteiger partial charge in [-0.2, -0.15) is 0 Å². The third-order valence-electron chi connectivity index (χ3n) is 2.88. The molecule has 0 saturated carbocycles. The van der Waals surface area contributed by atoms with E-state index in [1.54, 1.807) is 25.6 Å². The number of benzene rings is 1. The smallest absolute Gasteiger partial charge is 0.225 e. The van der Waals surface area contributed by atoms with Crippen molar-refractivity contribution in [1.29, 1.82) is 0 Å². The van der Waals surface area contributed by atoms with Gasteiger partial charge in [-0.3, -0.25) is 4.79 Å². The standard InChI is InChI=1S/C15H17NO3S/c1-18-12-5-6-14(19-2)11(8-12)10-16-15(17)9-13-4-3-7-20-13/h3-8H,9-10H2,1-2H3,(H,16,17). The van der Waals surface area contributed by atoms with Gasteiger partial charge in [0, 0.05) is 17.0 Å². The fourth-order valence-corrected chi connectivity index (χ4v) is 2.55. The topological polar surface area (TPSA) is 47.6 Å². The fourth-order valence-electron chi connectivity index (χ4n) is 1.85. The molecular formula is C15H17NO3S. The molecule has 0 aliphatic heterocycles. The number of hydrogen-bond acceptors (Lipinski definition) is 4. The largest absolute Gasteiger partial charge is 0.497 e. The van der Waals surface area contributed by atoms with Gasteiger partial charge in [-0.05, 0) is 29.6 Å². The van der Waals surface area contributed by atoms with E-state index >= 15 is 0 Å². The molecule has 2 rings (SSSR count). The lowest BCUT2D eigenvalue weighted by Crippen LogP contribution is -2.24. The minimum atomic E-state index is -0.00248. The Hall–Kier alpha value is -2.01. The van der Waals surface area contributed by atoms with Gasteiger partial charge < -0.3 is 14.8 Å². The normalized spacial score (nSPS) is 10.1. The van der Waals surface area contributed by atoms with Crippen LogP contribution >= 0.6 is 11.3 Å². The molecule has 5 heteroatoms. The molecule has 0 fully saturated rings. The maximum absolute atomic E-state index is 11.9. The molecular weight excluding hydrogens is 274 g/mol. The van der Waals surface area contributed by atoms with E-state index in [9.17, 15) is 4.79 Å². The Bertz CT molecular complexity index is 567. The van der Waals surface area contributed by atoms with Crippen LogP contribution in [0, 0.1) is 0 Å². The Labute approximate surface area is 122 Å². The molecule has 1 N–H and O–H groups in total. The number of thiophene rings is 1. The molecule has 2 aromatic rings. The van der Waals surface area contributed by atoms with Crippen LogP contribution in [0.25, 0.3) is 0 Å². The van der Waals surface area contributed by atoms with Gasteiger partial charge in [0.25, 0.3) is 0 Å². The van der Waals surface area contributed by atoms with E-state index in [1.807, 2.05) is 35.7 Å². The van der Waals surface area contributed by atoms with Crippen molar-refractivity contribution in [2.75, 3.05) is 14.2 Å². The van der Waals surface area contributed by atoms with E-state index in [1.165, 1.54) is 0 Å². The summed E-state index contributed by atoms with van der Waals surface area (Å²) in [5.41, 5.74) is 0.895. The highest BCUT2D eigenvalue weighted by molar-refractivity contribution is 7.10. The average Bonchev–Trinajstić information content (AvgIpc) is 2.97. The van der Waals surface area contributed by atoms with Gasteiger partial charge in [0.1, 0.15) is 11.5 Å². The lowest BCUT2D eigenvalue weighted by Gasteiger charge is -2.11. The minimum absolute atomic E-state index is 0.00248. The Morgan fingerprint density at radius 2 is 2.10 bits per heavy atom. The SMILES string of the molecule is COc1ccc(OC)c(CNC(=O)Cc2cccs2)c1. The highest BCUT2D eigenvalue weighted by atomic mass is 32.1. The Balaban J connectivity index is 1.97. The zero-order chi connectivity index (χ0) is 14.4. The summed E-state index contributed by atoms with van der Waals surface area (Å²) in [6, 6.07) is 9.42. The van der Waals surface area contributed by atoms with Crippen LogP contribution in [0.3, 0.4) is 0 Å². The molecule has 0 spiro atoms. The number of hydrogen-bond donors (Lipinski definition) is 1. The predicted molar refractivity (Wildman–Crippen MR) is 79.4 cm³/mol. The van der Waals surface area contributed by atoms with Crippen LogP contribution in [-0.2, 0) is 17.8 Å². The summed E-state index contributed by atoms with van der Waals surface area (Å²) in [4.78, 5) is 12.9. The van der Waals surface area contributed by atoms with Crippen LogP contribution < -0.4 is 14.8 Å². The minimum Gasteiger partial charge on any atom is -0.497 e. The van der Waals surface area contributed by atoms with Gasteiger partial charge in [-0.25, -0.2) is 0 Å². The third-order valence-corrected chi connectivity index (χ3v) is 3.75. The number of ether oxygens (including phenoxy) is 2. The quantitative estimate of drug-likeness (QED) is 0.890. The number of carbonyl (C=O) groups excluding carboxylic acids is 1. The molecule has 0 saturated heterocycles. The Morgan fingerprint density at radius 1 is 1.25 bits per heavy atom. The second-order valence-electron chi connectivity index (χ2n) is 4.21. The highest BCUT2D eigenvalue weighted by Gasteiger charge is 2.08. The van der Waals surface area contributed by atoms with Gasteiger partial charge in [0.15, 0.2) is 0 Å². The number of methoxy groups -OCH3 is 2. The molecule has 4 nitrogen and oxygen atoms in total. The van der Waals surface area contributed by atoms with Crippen LogP contribution in [0.4, 0.5) is 0 Å². The summed E-state index contributed by atoms with van der Waals surface area (Å²) in [6.45, 7) is 0.421. The van der Waals surface area contributed by atoms with Crippen molar-refractivity contribution in [1.82, 2.24) is 5.32 Å². The Kier molecular flexibility index (Phi) is 5.01. The van der Waals surface area contributed by atoms with E-state index in [2.05, 4.69) is 5.32 Å². The molecule has 0 aliphatic rings. The van der Waals surface area contributed by atoms with E-state index in [0.29, 0.717) is 13.0 Å². The number of rotatable bonds is 6. The van der Waals surface area contributed by atoms with Crippen LogP contribution in [-0.4, -0.2) is 20.1 Å². The van der Waals surface area contributed by atoms with Crippen molar-refractivity contribution in [2.45, 2.75) is 13.0 Å². The molecule has 0 radical (unpaired) electrons. The van der Waals surface area contributed by atoms with Gasteiger partial charge >= 0.3 is 0 Å². The third kappa shape index (κ3) is 3.74. The summed E-state index contributed by atoms with van der Waals surface area (Å²) in [6.07, 6.45) is 0.407. The number of amides is 1. The molecule has 0 unspecified atom stereocenters. The first-order chi connectivity index (χ1) is 9.72. The first-order valence-electron chi connectivity index (χ1n) is 6.23. The van der Waals surface area contributed by atoms with Crippen molar-refractivity contribution in [2.24, 2.45) is 0 Å². The monoisotopic (exact) mass is 291 g/mol. The summed E-state index contributed by atoms with van der Waals surface area (Å²) >= 11 is 1.58. The van der Waals surface area contributed by atoms with Crippen molar-refractivity contribution in [3.63, 3.8) is 0 Å². The van der Waals surface area contributed by atoms with Crippen molar-refractivity contribution in [3.05, 3.63) is 46.2 Å². The van der Waals surface area contributed by atoms with Gasteiger partial charge in [0.2, 0.25) is 5.91 Å². The molecule has 106 valence electrons. The Morgan fingerprint density at radius 3 is 2.75 bits per heavy atom. The second kappa shape index (κ2) is 6.96. The average molecular weight is 291 g/mol. The molecule has 20 heavy (non-hydrogen) atoms. The zero-order valence-corrected chi connectivity index (χ0v) is 12.3. The van der Waals surface area contributed by atoms with E-state index in [-0.39, 0.29) is 5.91 Å². The summed E-state index contributed by atoms with van der Waals surface area (Å²) < 4.78 is 10.5. The first kappa shape index (κ1) is 14.4. The molecule has 0 atom stereocenters. The number of nitrogens with one attached hydrogen (secondary N) is 1. The van der Waals surface area contributed by atoms with Crippen LogP contribution in [0.15, 0.2) is 35.7 Å². The van der Waals surface area contributed by atoms with Gasteiger partial charge in [-0.15, -0.1) is 11.3 Å². The summed E-state index contributed by atoms with van der Waals surface area (Å²) in [5, 5.41) is 4.86. The summed E-state index contributed by atoms with van der Waals surface area (Å²) in [5.74, 6) is 1.48. The van der Waals surface area contributed by atoms with Crippen molar-refractivity contribution in [3.8, 4) is 11.5 Å². The van der Waals surface area contributed by atoms with Crippen LogP contribution in [0.5, 0.6) is 11.5 Å². The lowest BCUT2D eigenvalue weighted by molar-refractivity contribution is -0.120. The van der Waals surface area contributed by atoms with E-state index in [4.69, 9.17) is 9.47 Å². The van der Waals surface area contributed by atoms with Crippen molar-refractivity contribution < 1.29 is 14.3 Å². The lowest BCUT2D eigenvalue weighted by atomic mass is 10.2. The predicted octanol–water partition coefficient (Wildman–Crippen LogP) is 2.62. The second-order valence-corrected chi connectivity index (χ2v) is 5.24. The van der Waals surface area contributed by atoms with Gasteiger partial charge in [0.05, 0.1) is 20.6 Å². The molecule has 0 aliphatic carbocycles. The first-order valence-corrected chi connectivity index (χ1v) is 7.11. The summed E-state index contributed by atoms with van der Waals surface area (Å²) in [7, 11) is 3.22. The van der Waals surface area contributed by atoms with Crippen molar-refractivity contribution >= 4 is 17.2 Å². The van der Waals surface area contributed by atoms with E-state index in [0.717, 1.165) is 21.9 Å². The molecule has 1 amide bonds. The molecule has 1 heterocycles. The maximum Gasteiger partial charge on any atom is 0.225 e. The van der Waals surface area contributed by atoms with Crippen LogP contribution in [0.1, 0.15) is 10.4 Å². The molecule has 0 bridgehead atoms. The number of carbonyl (C=O) groups is 1. The molecule has 1 aromatic carbocycles. The van der Waals surface area contributed by atoms with E-state index < -0.39 is 0 Å². The van der Waals surface area contributed by atoms with Gasteiger partial charge in [-0.1, -0.05) is 6.07 Å². The zero-order valence-electron chi connectivity index (χ0n) is 11.5. The highest BCUT2D eigenvalue weighted by Crippen LogP contribution is 2.23. The maximum atomic E-state index is 11.9. The fraction of sp³-hybridized carbons (Fsp3) is 0.267. The van der Waals surface area contributed by atoms with Crippen LogP contribution in [0.2, 0.25) is 0 Å².